The number of hydrogen-bond donors (Lipinski definition) is 2. The number of nitro benzene ring substituents is 1. The lowest BCUT2D eigenvalue weighted by atomic mass is 10.2. The van der Waals surface area contributed by atoms with Gasteiger partial charge in [0, 0.05) is 12.1 Å². The third-order valence-corrected chi connectivity index (χ3v) is 4.06. The number of nitrogens with one attached hydrogen (secondary N) is 2. The third-order valence-electron chi connectivity index (χ3n) is 2.61. The van der Waals surface area contributed by atoms with E-state index in [9.17, 15) is 23.3 Å². The monoisotopic (exact) mass is 312 g/mol. The van der Waals surface area contributed by atoms with Gasteiger partial charge in [0.05, 0.1) is 21.7 Å². The summed E-state index contributed by atoms with van der Waals surface area (Å²) in [7, 11) is -3.64. The minimum atomic E-state index is -3.64. The maximum Gasteiger partial charge on any atom is 0.292 e. The summed E-state index contributed by atoms with van der Waals surface area (Å²) in [5.74, 6) is -0.489. The summed E-state index contributed by atoms with van der Waals surface area (Å²) in [5, 5.41) is 10.7. The highest BCUT2D eigenvalue weighted by Gasteiger charge is 2.14. The molecule has 0 saturated heterocycles. The lowest BCUT2D eigenvalue weighted by Crippen LogP contribution is -2.23. The summed E-state index contributed by atoms with van der Waals surface area (Å²) in [6.07, 6.45) is 0.396. The fourth-order valence-electron chi connectivity index (χ4n) is 1.72. The smallest absolute Gasteiger partial charge is 0.292 e. The molecule has 1 aromatic heterocycles. The van der Waals surface area contributed by atoms with Crippen LogP contribution in [0.5, 0.6) is 0 Å². The Morgan fingerprint density at radius 3 is 2.76 bits per heavy atom. The van der Waals surface area contributed by atoms with Crippen LogP contribution in [0.4, 0.5) is 11.5 Å². The first-order valence-electron chi connectivity index (χ1n) is 6.01. The van der Waals surface area contributed by atoms with Crippen molar-refractivity contribution in [1.82, 2.24) is 9.97 Å². The lowest BCUT2D eigenvalue weighted by molar-refractivity contribution is -0.384. The molecule has 9 nitrogen and oxygen atoms in total. The number of sulfonamides is 1. The molecule has 0 amide bonds. The lowest BCUT2D eigenvalue weighted by Gasteiger charge is -2.06. The zero-order valence-corrected chi connectivity index (χ0v) is 11.8. The van der Waals surface area contributed by atoms with E-state index in [4.69, 9.17) is 0 Å². The molecular formula is C11H12N4O5S. The Morgan fingerprint density at radius 2 is 2.14 bits per heavy atom. The van der Waals surface area contributed by atoms with Crippen LogP contribution in [0, 0.1) is 10.1 Å². The first-order chi connectivity index (χ1) is 9.82. The summed E-state index contributed by atoms with van der Waals surface area (Å²) < 4.78 is 25.4. The van der Waals surface area contributed by atoms with Crippen molar-refractivity contribution in [3.63, 3.8) is 0 Å². The largest absolute Gasteiger partial charge is 0.317 e. The molecule has 1 heterocycles. The van der Waals surface area contributed by atoms with Crippen molar-refractivity contribution in [1.29, 1.82) is 0 Å². The number of non-ortho nitro benzene ring substituents is 1. The van der Waals surface area contributed by atoms with E-state index < -0.39 is 20.5 Å². The maximum atomic E-state index is 11.8. The Kier molecular flexibility index (Phi) is 3.89. The Balaban J connectivity index is 2.49. The van der Waals surface area contributed by atoms with Crippen LogP contribution in [0.1, 0.15) is 13.3 Å². The van der Waals surface area contributed by atoms with Crippen LogP contribution in [0.2, 0.25) is 0 Å². The Morgan fingerprint density at radius 1 is 1.43 bits per heavy atom. The highest BCUT2D eigenvalue weighted by atomic mass is 32.2. The first-order valence-corrected chi connectivity index (χ1v) is 7.66. The van der Waals surface area contributed by atoms with Gasteiger partial charge in [0.15, 0.2) is 0 Å². The number of H-pyrrole nitrogens is 1. The third kappa shape index (κ3) is 3.34. The van der Waals surface area contributed by atoms with Crippen LogP contribution in [-0.2, 0) is 10.0 Å². The average molecular weight is 312 g/mol. The molecule has 2 N–H and O–H groups in total. The van der Waals surface area contributed by atoms with Crippen molar-refractivity contribution in [3.05, 3.63) is 38.7 Å². The number of nitro groups is 1. The summed E-state index contributed by atoms with van der Waals surface area (Å²) in [6, 6.07) is 3.72. The van der Waals surface area contributed by atoms with E-state index in [0.29, 0.717) is 6.42 Å². The van der Waals surface area contributed by atoms with Gasteiger partial charge in [-0.25, -0.2) is 13.4 Å². The number of benzene rings is 1. The molecule has 2 rings (SSSR count). The number of hydrogen-bond acceptors (Lipinski definition) is 6. The van der Waals surface area contributed by atoms with E-state index in [1.807, 2.05) is 0 Å². The van der Waals surface area contributed by atoms with E-state index in [1.54, 1.807) is 6.92 Å². The highest BCUT2D eigenvalue weighted by Crippen LogP contribution is 2.17. The van der Waals surface area contributed by atoms with Gasteiger partial charge in [-0.1, -0.05) is 6.92 Å². The second kappa shape index (κ2) is 5.48. The van der Waals surface area contributed by atoms with Gasteiger partial charge in [-0.05, 0) is 12.5 Å². The van der Waals surface area contributed by atoms with E-state index in [0.717, 1.165) is 6.07 Å². The van der Waals surface area contributed by atoms with E-state index >= 15 is 0 Å². The topological polar surface area (TPSA) is 135 Å². The molecular weight excluding hydrogens is 300 g/mol. The zero-order valence-electron chi connectivity index (χ0n) is 11.0. The molecule has 0 atom stereocenters. The molecule has 0 saturated carbocycles. The molecule has 0 fully saturated rings. The molecule has 0 bridgehead atoms. The van der Waals surface area contributed by atoms with Crippen molar-refractivity contribution in [2.45, 2.75) is 13.3 Å². The number of anilines is 1. The van der Waals surface area contributed by atoms with Crippen molar-refractivity contribution in [2.24, 2.45) is 0 Å². The van der Waals surface area contributed by atoms with Crippen LogP contribution in [-0.4, -0.2) is 29.1 Å². The quantitative estimate of drug-likeness (QED) is 0.624. The van der Waals surface area contributed by atoms with E-state index in [1.165, 1.54) is 12.1 Å². The maximum absolute atomic E-state index is 11.8. The Labute approximate surface area is 119 Å². The molecule has 0 radical (unpaired) electrons. The Bertz CT molecular complexity index is 859. The summed E-state index contributed by atoms with van der Waals surface area (Å²) in [4.78, 5) is 28.1. The molecule has 0 aliphatic carbocycles. The fourth-order valence-corrected chi connectivity index (χ4v) is 2.80. The number of nitrogens with zero attached hydrogens (tertiary/aromatic N) is 2. The Hall–Kier alpha value is -2.49. The van der Waals surface area contributed by atoms with Crippen LogP contribution in [0.25, 0.3) is 11.0 Å². The molecule has 21 heavy (non-hydrogen) atoms. The second-order valence-electron chi connectivity index (χ2n) is 4.29. The van der Waals surface area contributed by atoms with Gasteiger partial charge in [0.2, 0.25) is 15.8 Å². The molecule has 10 heteroatoms. The molecule has 112 valence electrons. The van der Waals surface area contributed by atoms with Crippen LogP contribution in [0.15, 0.2) is 23.0 Å². The van der Waals surface area contributed by atoms with Crippen molar-refractivity contribution >= 4 is 32.6 Å². The molecule has 0 spiro atoms. The normalized spacial score (nSPS) is 11.5. The number of aromatic nitrogens is 2. The van der Waals surface area contributed by atoms with Gasteiger partial charge >= 0.3 is 0 Å². The summed E-state index contributed by atoms with van der Waals surface area (Å²) >= 11 is 0. The molecule has 0 aliphatic heterocycles. The SMILES string of the molecule is CCCS(=O)(=O)Nc1nc2ccc([N+](=O)[O-])cc2[nH]c1=O. The van der Waals surface area contributed by atoms with Gasteiger partial charge in [-0.15, -0.1) is 0 Å². The van der Waals surface area contributed by atoms with Crippen LogP contribution in [0.3, 0.4) is 0 Å². The van der Waals surface area contributed by atoms with Crippen molar-refractivity contribution in [2.75, 3.05) is 10.5 Å². The molecule has 0 unspecified atom stereocenters. The standard InChI is InChI=1S/C11H12N4O5S/c1-2-5-21(19,20)14-10-11(16)13-9-6-7(15(17)18)3-4-8(9)12-10/h3-4,6H,2,5H2,1H3,(H,12,14)(H,13,16). The fraction of sp³-hybridized carbons (Fsp3) is 0.273. The zero-order chi connectivity index (χ0) is 15.6. The first kappa shape index (κ1) is 14.9. The summed E-state index contributed by atoms with van der Waals surface area (Å²) in [6.45, 7) is 1.69. The predicted molar refractivity (Wildman–Crippen MR) is 76.7 cm³/mol. The minimum Gasteiger partial charge on any atom is -0.317 e. The minimum absolute atomic E-state index is 0.133. The predicted octanol–water partition coefficient (Wildman–Crippen LogP) is 0.983. The van der Waals surface area contributed by atoms with Crippen LogP contribution >= 0.6 is 0 Å². The van der Waals surface area contributed by atoms with Gasteiger partial charge in [-0.3, -0.25) is 19.6 Å². The molecule has 1 aromatic carbocycles. The van der Waals surface area contributed by atoms with E-state index in [2.05, 4.69) is 14.7 Å². The highest BCUT2D eigenvalue weighted by molar-refractivity contribution is 7.92. The number of rotatable bonds is 5. The molecule has 0 aliphatic rings. The van der Waals surface area contributed by atoms with Crippen molar-refractivity contribution in [3.8, 4) is 0 Å². The second-order valence-corrected chi connectivity index (χ2v) is 6.14. The van der Waals surface area contributed by atoms with Crippen molar-refractivity contribution < 1.29 is 13.3 Å². The van der Waals surface area contributed by atoms with Gasteiger partial charge < -0.3 is 4.98 Å². The van der Waals surface area contributed by atoms with Gasteiger partial charge in [0.25, 0.3) is 11.2 Å². The summed E-state index contributed by atoms with van der Waals surface area (Å²) in [5.41, 5.74) is -0.552. The number of aromatic amines is 1. The average Bonchev–Trinajstić information content (AvgIpc) is 2.38. The van der Waals surface area contributed by atoms with Crippen LogP contribution < -0.4 is 10.3 Å². The molecule has 2 aromatic rings. The van der Waals surface area contributed by atoms with Gasteiger partial charge in [-0.2, -0.15) is 0 Å². The number of fused-ring (bicyclic) bond motifs is 1. The van der Waals surface area contributed by atoms with E-state index in [-0.39, 0.29) is 28.3 Å². The van der Waals surface area contributed by atoms with Gasteiger partial charge in [0.1, 0.15) is 0 Å².